The Hall–Kier alpha value is -1.51. The number of rotatable bonds is 7. The zero-order valence-electron chi connectivity index (χ0n) is 10.8. The molecule has 0 aliphatic rings. The van der Waals surface area contributed by atoms with Gasteiger partial charge in [0.25, 0.3) is 0 Å². The van der Waals surface area contributed by atoms with Gasteiger partial charge in [0.1, 0.15) is 6.54 Å². The Morgan fingerprint density at radius 1 is 1.56 bits per heavy atom. The number of carbonyl (C=O) groups excluding carboxylic acids is 1. The molecule has 0 saturated heterocycles. The van der Waals surface area contributed by atoms with Gasteiger partial charge in [-0.25, -0.2) is 4.68 Å². The van der Waals surface area contributed by atoms with Crippen LogP contribution in [-0.4, -0.2) is 47.5 Å². The highest BCUT2D eigenvalue weighted by atomic mass is 16.7. The van der Waals surface area contributed by atoms with Crippen LogP contribution in [0.5, 0.6) is 0 Å². The average Bonchev–Trinajstić information content (AvgIpc) is 2.78. The second-order valence-electron chi connectivity index (χ2n) is 3.81. The zero-order valence-corrected chi connectivity index (χ0v) is 10.8. The standard InChI is InChI=1S/C10H19N5O3/c1-7(10(17-2)18-3)12-9(16)6-15-5-8(4-11)13-14-15/h5,7,10H,4,6,11H2,1-3H3,(H,12,16). The van der Waals surface area contributed by atoms with Crippen LogP contribution in [0, 0.1) is 0 Å². The highest BCUT2D eigenvalue weighted by molar-refractivity contribution is 5.75. The van der Waals surface area contributed by atoms with Crippen molar-refractivity contribution in [2.75, 3.05) is 14.2 Å². The fourth-order valence-corrected chi connectivity index (χ4v) is 1.53. The van der Waals surface area contributed by atoms with Crippen LogP contribution in [-0.2, 0) is 27.4 Å². The topological polar surface area (TPSA) is 104 Å². The first-order chi connectivity index (χ1) is 8.60. The predicted molar refractivity (Wildman–Crippen MR) is 63.3 cm³/mol. The smallest absolute Gasteiger partial charge is 0.242 e. The van der Waals surface area contributed by atoms with E-state index in [1.807, 2.05) is 0 Å². The molecule has 102 valence electrons. The second-order valence-corrected chi connectivity index (χ2v) is 3.81. The summed E-state index contributed by atoms with van der Waals surface area (Å²) in [7, 11) is 3.03. The number of hydrogen-bond acceptors (Lipinski definition) is 6. The summed E-state index contributed by atoms with van der Waals surface area (Å²) in [6.07, 6.45) is 1.15. The van der Waals surface area contributed by atoms with Gasteiger partial charge in [-0.05, 0) is 6.92 Å². The molecule has 1 unspecified atom stereocenters. The first-order valence-electron chi connectivity index (χ1n) is 5.54. The summed E-state index contributed by atoms with van der Waals surface area (Å²) < 4.78 is 11.5. The summed E-state index contributed by atoms with van der Waals surface area (Å²) in [6.45, 7) is 2.17. The van der Waals surface area contributed by atoms with E-state index in [9.17, 15) is 4.79 Å². The third-order valence-electron chi connectivity index (χ3n) is 2.36. The molecule has 1 aromatic rings. The Bertz CT molecular complexity index is 377. The van der Waals surface area contributed by atoms with Crippen molar-refractivity contribution in [2.45, 2.75) is 32.3 Å². The van der Waals surface area contributed by atoms with Gasteiger partial charge in [0.05, 0.1) is 17.9 Å². The van der Waals surface area contributed by atoms with Gasteiger partial charge in [-0.3, -0.25) is 4.79 Å². The monoisotopic (exact) mass is 257 g/mol. The van der Waals surface area contributed by atoms with E-state index in [0.29, 0.717) is 12.2 Å². The summed E-state index contributed by atoms with van der Waals surface area (Å²) >= 11 is 0. The lowest BCUT2D eigenvalue weighted by Gasteiger charge is -2.21. The van der Waals surface area contributed by atoms with E-state index < -0.39 is 6.29 Å². The molecule has 0 aromatic carbocycles. The van der Waals surface area contributed by atoms with Crippen LogP contribution in [0.1, 0.15) is 12.6 Å². The first kappa shape index (κ1) is 14.6. The van der Waals surface area contributed by atoms with E-state index >= 15 is 0 Å². The van der Waals surface area contributed by atoms with Crippen LogP contribution in [0.4, 0.5) is 0 Å². The number of ether oxygens (including phenoxy) is 2. The Morgan fingerprint density at radius 2 is 2.22 bits per heavy atom. The van der Waals surface area contributed by atoms with Gasteiger partial charge in [-0.2, -0.15) is 0 Å². The molecule has 18 heavy (non-hydrogen) atoms. The van der Waals surface area contributed by atoms with Crippen LogP contribution in [0.2, 0.25) is 0 Å². The largest absolute Gasteiger partial charge is 0.354 e. The van der Waals surface area contributed by atoms with Crippen molar-refractivity contribution in [3.63, 3.8) is 0 Å². The first-order valence-corrected chi connectivity index (χ1v) is 5.54. The molecule has 0 fully saturated rings. The molecule has 1 aromatic heterocycles. The predicted octanol–water partition coefficient (Wildman–Crippen LogP) is -1.14. The van der Waals surface area contributed by atoms with Gasteiger partial charge in [0, 0.05) is 20.8 Å². The minimum Gasteiger partial charge on any atom is -0.354 e. The molecule has 1 atom stereocenters. The third kappa shape index (κ3) is 4.06. The molecule has 8 nitrogen and oxygen atoms in total. The molecule has 0 radical (unpaired) electrons. The Kier molecular flexibility index (Phi) is 5.69. The van der Waals surface area contributed by atoms with Crippen molar-refractivity contribution in [1.82, 2.24) is 20.3 Å². The van der Waals surface area contributed by atoms with Crippen LogP contribution in [0.3, 0.4) is 0 Å². The molecule has 0 aliphatic carbocycles. The molecule has 1 rings (SSSR count). The fraction of sp³-hybridized carbons (Fsp3) is 0.700. The molecule has 8 heteroatoms. The van der Waals surface area contributed by atoms with E-state index in [2.05, 4.69) is 15.6 Å². The lowest BCUT2D eigenvalue weighted by Crippen LogP contribution is -2.44. The van der Waals surface area contributed by atoms with Gasteiger partial charge >= 0.3 is 0 Å². The van der Waals surface area contributed by atoms with Gasteiger partial charge < -0.3 is 20.5 Å². The fourth-order valence-electron chi connectivity index (χ4n) is 1.53. The van der Waals surface area contributed by atoms with Crippen LogP contribution in [0.25, 0.3) is 0 Å². The number of nitrogens with one attached hydrogen (secondary N) is 1. The zero-order chi connectivity index (χ0) is 13.5. The van der Waals surface area contributed by atoms with E-state index in [0.717, 1.165) is 0 Å². The van der Waals surface area contributed by atoms with Gasteiger partial charge in [0.2, 0.25) is 5.91 Å². The highest BCUT2D eigenvalue weighted by Crippen LogP contribution is 1.99. The van der Waals surface area contributed by atoms with Crippen molar-refractivity contribution in [3.05, 3.63) is 11.9 Å². The maximum Gasteiger partial charge on any atom is 0.242 e. The maximum absolute atomic E-state index is 11.7. The van der Waals surface area contributed by atoms with E-state index in [-0.39, 0.29) is 18.5 Å². The summed E-state index contributed by atoms with van der Waals surface area (Å²) in [5.74, 6) is -0.199. The average molecular weight is 257 g/mol. The summed E-state index contributed by atoms with van der Waals surface area (Å²) in [5.41, 5.74) is 6.04. The summed E-state index contributed by atoms with van der Waals surface area (Å²) in [4.78, 5) is 11.7. The third-order valence-corrected chi connectivity index (χ3v) is 2.36. The number of aromatic nitrogens is 3. The van der Waals surface area contributed by atoms with Crippen molar-refractivity contribution >= 4 is 5.91 Å². The molecular weight excluding hydrogens is 238 g/mol. The Balaban J connectivity index is 2.46. The van der Waals surface area contributed by atoms with Crippen molar-refractivity contribution in [1.29, 1.82) is 0 Å². The number of nitrogens with zero attached hydrogens (tertiary/aromatic N) is 3. The number of methoxy groups -OCH3 is 2. The summed E-state index contributed by atoms with van der Waals surface area (Å²) in [5, 5.41) is 10.3. The van der Waals surface area contributed by atoms with Crippen molar-refractivity contribution in [2.24, 2.45) is 5.73 Å². The van der Waals surface area contributed by atoms with Crippen LogP contribution in [0.15, 0.2) is 6.20 Å². The summed E-state index contributed by atoms with van der Waals surface area (Å²) in [6, 6.07) is -0.259. The minimum atomic E-state index is -0.482. The molecule has 1 amide bonds. The molecule has 0 aliphatic heterocycles. The molecule has 0 saturated carbocycles. The second kappa shape index (κ2) is 7.04. The van der Waals surface area contributed by atoms with Gasteiger partial charge in [0.15, 0.2) is 6.29 Å². The number of hydrogen-bond donors (Lipinski definition) is 2. The molecule has 1 heterocycles. The molecule has 3 N–H and O–H groups in total. The van der Waals surface area contributed by atoms with Crippen molar-refractivity contribution < 1.29 is 14.3 Å². The lowest BCUT2D eigenvalue weighted by molar-refractivity contribution is -0.136. The Morgan fingerprint density at radius 3 is 2.72 bits per heavy atom. The van der Waals surface area contributed by atoms with Crippen LogP contribution >= 0.6 is 0 Å². The molecule has 0 bridgehead atoms. The van der Waals surface area contributed by atoms with Crippen LogP contribution < -0.4 is 11.1 Å². The number of nitrogens with two attached hydrogens (primary N) is 1. The van der Waals surface area contributed by atoms with E-state index in [1.165, 1.54) is 18.9 Å². The van der Waals surface area contributed by atoms with E-state index in [4.69, 9.17) is 15.2 Å². The van der Waals surface area contributed by atoms with Crippen molar-refractivity contribution in [3.8, 4) is 0 Å². The number of carbonyl (C=O) groups is 1. The Labute approximate surface area is 105 Å². The maximum atomic E-state index is 11.7. The lowest BCUT2D eigenvalue weighted by atomic mass is 10.3. The SMILES string of the molecule is COC(OC)C(C)NC(=O)Cn1cc(CN)nn1. The van der Waals surface area contributed by atoms with Gasteiger partial charge in [-0.15, -0.1) is 5.10 Å². The van der Waals surface area contributed by atoms with Gasteiger partial charge in [-0.1, -0.05) is 5.21 Å². The minimum absolute atomic E-state index is 0.0808. The quantitative estimate of drug-likeness (QED) is 0.598. The molecular formula is C10H19N5O3. The highest BCUT2D eigenvalue weighted by Gasteiger charge is 2.18. The van der Waals surface area contributed by atoms with E-state index in [1.54, 1.807) is 13.1 Å². The normalized spacial score (nSPS) is 12.7. The number of amides is 1. The molecule has 0 spiro atoms.